The molecule has 0 unspecified atom stereocenters. The number of nitrogens with one attached hydrogen (secondary N) is 1. The highest BCUT2D eigenvalue weighted by atomic mass is 16.5. The van der Waals surface area contributed by atoms with Crippen LogP contribution in [0.4, 0.5) is 0 Å². The second kappa shape index (κ2) is 4.20. The van der Waals surface area contributed by atoms with Crippen molar-refractivity contribution in [2.24, 2.45) is 22.5 Å². The molecule has 2 rings (SSSR count). The summed E-state index contributed by atoms with van der Waals surface area (Å²) in [6.07, 6.45) is 1.64. The van der Waals surface area contributed by atoms with Crippen molar-refractivity contribution >= 4 is 5.91 Å². The van der Waals surface area contributed by atoms with Gasteiger partial charge in [0.2, 0.25) is 5.91 Å². The van der Waals surface area contributed by atoms with Gasteiger partial charge in [0.1, 0.15) is 0 Å². The normalized spacial score (nSPS) is 28.7. The third-order valence-electron chi connectivity index (χ3n) is 5.51. The lowest BCUT2D eigenvalue weighted by Gasteiger charge is -2.37. The molecular formula is C14H26N2O2. The van der Waals surface area contributed by atoms with Gasteiger partial charge in [-0.2, -0.15) is 0 Å². The van der Waals surface area contributed by atoms with Gasteiger partial charge in [-0.3, -0.25) is 4.79 Å². The Bertz CT molecular complexity index is 330. The third-order valence-corrected chi connectivity index (χ3v) is 5.51. The van der Waals surface area contributed by atoms with E-state index < -0.39 is 0 Å². The molecule has 3 N–H and O–H groups in total. The highest BCUT2D eigenvalue weighted by Crippen LogP contribution is 2.68. The topological polar surface area (TPSA) is 64.4 Å². The number of hydrogen-bond donors (Lipinski definition) is 2. The molecule has 0 aromatic carbocycles. The van der Waals surface area contributed by atoms with Crippen LogP contribution >= 0.6 is 0 Å². The van der Waals surface area contributed by atoms with Crippen molar-refractivity contribution in [3.63, 3.8) is 0 Å². The summed E-state index contributed by atoms with van der Waals surface area (Å²) in [7, 11) is 0. The number of amides is 1. The Morgan fingerprint density at radius 2 is 1.72 bits per heavy atom. The Morgan fingerprint density at radius 1 is 1.22 bits per heavy atom. The summed E-state index contributed by atoms with van der Waals surface area (Å²) in [6, 6.07) is 0. The average molecular weight is 254 g/mol. The number of carbonyl (C=O) groups is 1. The maximum absolute atomic E-state index is 12.5. The minimum absolute atomic E-state index is 0.0814. The first-order valence-corrected chi connectivity index (χ1v) is 6.87. The van der Waals surface area contributed by atoms with Crippen LogP contribution in [0.1, 0.15) is 40.5 Å². The standard InChI is InChI=1S/C14H26N2O2/c1-12(2)10(13(12,3)4)11(17)16-14(9-15)5-7-18-8-6-14/h10H,5-9,15H2,1-4H3,(H,16,17). The average Bonchev–Trinajstić information content (AvgIpc) is 2.70. The molecule has 0 spiro atoms. The largest absolute Gasteiger partial charge is 0.381 e. The molecule has 0 bridgehead atoms. The maximum atomic E-state index is 12.5. The van der Waals surface area contributed by atoms with Crippen LogP contribution in [-0.4, -0.2) is 31.2 Å². The Kier molecular flexibility index (Phi) is 3.23. The van der Waals surface area contributed by atoms with Crippen molar-refractivity contribution in [1.82, 2.24) is 5.32 Å². The molecular weight excluding hydrogens is 228 g/mol. The van der Waals surface area contributed by atoms with E-state index in [1.807, 2.05) is 0 Å². The summed E-state index contributed by atoms with van der Waals surface area (Å²) in [5.41, 5.74) is 5.79. The fourth-order valence-corrected chi connectivity index (χ4v) is 3.33. The number of hydrogen-bond acceptors (Lipinski definition) is 3. The summed E-state index contributed by atoms with van der Waals surface area (Å²) in [5.74, 6) is 0.258. The van der Waals surface area contributed by atoms with Gasteiger partial charge in [-0.25, -0.2) is 0 Å². The highest BCUT2D eigenvalue weighted by Gasteiger charge is 2.68. The van der Waals surface area contributed by atoms with Gasteiger partial charge in [0.25, 0.3) is 0 Å². The molecule has 104 valence electrons. The van der Waals surface area contributed by atoms with Crippen molar-refractivity contribution < 1.29 is 9.53 Å². The molecule has 2 fully saturated rings. The molecule has 18 heavy (non-hydrogen) atoms. The van der Waals surface area contributed by atoms with E-state index in [0.29, 0.717) is 19.8 Å². The van der Waals surface area contributed by atoms with Gasteiger partial charge in [-0.1, -0.05) is 27.7 Å². The van der Waals surface area contributed by atoms with Crippen LogP contribution in [0.5, 0.6) is 0 Å². The molecule has 1 aliphatic heterocycles. The molecule has 1 amide bonds. The molecule has 0 atom stereocenters. The van der Waals surface area contributed by atoms with Crippen molar-refractivity contribution in [2.45, 2.75) is 46.1 Å². The maximum Gasteiger partial charge on any atom is 0.224 e. The monoisotopic (exact) mass is 254 g/mol. The van der Waals surface area contributed by atoms with Gasteiger partial charge in [0.15, 0.2) is 0 Å². The first-order valence-electron chi connectivity index (χ1n) is 6.87. The van der Waals surface area contributed by atoms with Gasteiger partial charge < -0.3 is 15.8 Å². The summed E-state index contributed by atoms with van der Waals surface area (Å²) < 4.78 is 5.36. The highest BCUT2D eigenvalue weighted by molar-refractivity contribution is 5.84. The van der Waals surface area contributed by atoms with Crippen LogP contribution in [0.3, 0.4) is 0 Å². The summed E-state index contributed by atoms with van der Waals surface area (Å²) in [5, 5.41) is 3.21. The van der Waals surface area contributed by atoms with Crippen LogP contribution in [-0.2, 0) is 9.53 Å². The predicted molar refractivity (Wildman–Crippen MR) is 71.0 cm³/mol. The SMILES string of the molecule is CC1(C)C(C(=O)NC2(CN)CCOCC2)C1(C)C. The molecule has 1 saturated carbocycles. The van der Waals surface area contributed by atoms with Crippen LogP contribution in [0.15, 0.2) is 0 Å². The zero-order valence-corrected chi connectivity index (χ0v) is 12.0. The van der Waals surface area contributed by atoms with Crippen molar-refractivity contribution in [3.8, 4) is 0 Å². The summed E-state index contributed by atoms with van der Waals surface area (Å²) in [4.78, 5) is 12.5. The number of rotatable bonds is 3. The van der Waals surface area contributed by atoms with E-state index in [9.17, 15) is 4.79 Å². The van der Waals surface area contributed by atoms with E-state index in [-0.39, 0.29) is 28.2 Å². The van der Waals surface area contributed by atoms with Crippen molar-refractivity contribution in [3.05, 3.63) is 0 Å². The molecule has 0 radical (unpaired) electrons. The first-order chi connectivity index (χ1) is 8.27. The Labute approximate surface area is 110 Å². The van der Waals surface area contributed by atoms with Crippen molar-refractivity contribution in [2.75, 3.05) is 19.8 Å². The molecule has 0 aromatic rings. The van der Waals surface area contributed by atoms with Gasteiger partial charge in [-0.05, 0) is 23.7 Å². The predicted octanol–water partition coefficient (Wildman–Crippen LogP) is 1.29. The third kappa shape index (κ3) is 1.95. The van der Waals surface area contributed by atoms with Crippen LogP contribution in [0.25, 0.3) is 0 Å². The zero-order chi connectivity index (χ0) is 13.6. The molecule has 0 aromatic heterocycles. The van der Waals surface area contributed by atoms with Crippen LogP contribution < -0.4 is 11.1 Å². The lowest BCUT2D eigenvalue weighted by molar-refractivity contribution is -0.126. The van der Waals surface area contributed by atoms with Crippen LogP contribution in [0, 0.1) is 16.7 Å². The number of ether oxygens (including phenoxy) is 1. The second-order valence-corrected chi connectivity index (χ2v) is 6.96. The van der Waals surface area contributed by atoms with Crippen LogP contribution in [0.2, 0.25) is 0 Å². The van der Waals surface area contributed by atoms with Gasteiger partial charge >= 0.3 is 0 Å². The minimum Gasteiger partial charge on any atom is -0.381 e. The van der Waals surface area contributed by atoms with E-state index >= 15 is 0 Å². The fraction of sp³-hybridized carbons (Fsp3) is 0.929. The molecule has 1 aliphatic carbocycles. The lowest BCUT2D eigenvalue weighted by atomic mass is 9.89. The molecule has 1 saturated heterocycles. The van der Waals surface area contributed by atoms with Crippen molar-refractivity contribution in [1.29, 1.82) is 0 Å². The number of nitrogens with two attached hydrogens (primary N) is 1. The molecule has 1 heterocycles. The fourth-order valence-electron chi connectivity index (χ4n) is 3.33. The molecule has 4 heteroatoms. The lowest BCUT2D eigenvalue weighted by Crippen LogP contribution is -2.57. The smallest absolute Gasteiger partial charge is 0.224 e. The van der Waals surface area contributed by atoms with E-state index in [0.717, 1.165) is 12.8 Å². The van der Waals surface area contributed by atoms with Gasteiger partial charge in [0.05, 0.1) is 5.54 Å². The van der Waals surface area contributed by atoms with Gasteiger partial charge in [-0.15, -0.1) is 0 Å². The molecule has 4 nitrogen and oxygen atoms in total. The Balaban J connectivity index is 2.03. The number of carbonyl (C=O) groups excluding carboxylic acids is 1. The first kappa shape index (κ1) is 13.8. The summed E-state index contributed by atoms with van der Waals surface area (Å²) >= 11 is 0. The zero-order valence-electron chi connectivity index (χ0n) is 12.0. The quantitative estimate of drug-likeness (QED) is 0.797. The van der Waals surface area contributed by atoms with E-state index in [1.165, 1.54) is 0 Å². The molecule has 2 aliphatic rings. The second-order valence-electron chi connectivity index (χ2n) is 6.96. The van der Waals surface area contributed by atoms with E-state index in [1.54, 1.807) is 0 Å². The van der Waals surface area contributed by atoms with E-state index in [2.05, 4.69) is 33.0 Å². The minimum atomic E-state index is -0.246. The van der Waals surface area contributed by atoms with E-state index in [4.69, 9.17) is 10.5 Å². The Morgan fingerprint density at radius 3 is 2.11 bits per heavy atom. The van der Waals surface area contributed by atoms with Gasteiger partial charge in [0, 0.05) is 25.7 Å². The Hall–Kier alpha value is -0.610. The summed E-state index contributed by atoms with van der Waals surface area (Å²) in [6.45, 7) is 10.5.